The van der Waals surface area contributed by atoms with Crippen molar-refractivity contribution in [3.05, 3.63) is 29.3 Å². The molecule has 6 nitrogen and oxygen atoms in total. The van der Waals surface area contributed by atoms with Crippen LogP contribution < -0.4 is 0 Å². The lowest BCUT2D eigenvalue weighted by Crippen LogP contribution is -2.47. The topological polar surface area (TPSA) is 66.9 Å². The first-order valence-electron chi connectivity index (χ1n) is 7.17. The molecule has 1 aromatic rings. The number of cyclic esters (lactones) is 1. The number of ether oxygens (including phenoxy) is 1. The second kappa shape index (κ2) is 6.06. The Morgan fingerprint density at radius 1 is 1.18 bits per heavy atom. The largest absolute Gasteiger partial charge is 0.448 e. The van der Waals surface area contributed by atoms with E-state index in [1.54, 1.807) is 23.1 Å². The molecular formula is C14H17ClN2O4S. The maximum Gasteiger partial charge on any atom is 0.410 e. The highest BCUT2D eigenvalue weighted by Gasteiger charge is 2.35. The smallest absolute Gasteiger partial charge is 0.410 e. The van der Waals surface area contributed by atoms with Crippen LogP contribution in [0.1, 0.15) is 12.8 Å². The summed E-state index contributed by atoms with van der Waals surface area (Å²) in [6.45, 7) is 1.79. The number of amides is 1. The first kappa shape index (κ1) is 15.6. The molecule has 2 fully saturated rings. The zero-order valence-corrected chi connectivity index (χ0v) is 13.5. The van der Waals surface area contributed by atoms with Crippen LogP contribution in [0, 0.1) is 0 Å². The Balaban J connectivity index is 1.69. The Labute approximate surface area is 134 Å². The van der Waals surface area contributed by atoms with E-state index >= 15 is 0 Å². The molecule has 2 aliphatic rings. The Morgan fingerprint density at radius 3 is 2.50 bits per heavy atom. The van der Waals surface area contributed by atoms with E-state index in [9.17, 15) is 13.2 Å². The summed E-state index contributed by atoms with van der Waals surface area (Å²) in [6, 6.07) is 6.33. The minimum atomic E-state index is -3.53. The number of halogens is 1. The Bertz CT molecular complexity index is 671. The van der Waals surface area contributed by atoms with E-state index in [-0.39, 0.29) is 17.0 Å². The lowest BCUT2D eigenvalue weighted by Gasteiger charge is -2.34. The third kappa shape index (κ3) is 2.93. The minimum absolute atomic E-state index is 0.0563. The summed E-state index contributed by atoms with van der Waals surface area (Å²) in [5.41, 5.74) is 0. The van der Waals surface area contributed by atoms with E-state index in [1.807, 2.05) is 0 Å². The molecule has 0 N–H and O–H groups in total. The number of hydrogen-bond acceptors (Lipinski definition) is 4. The van der Waals surface area contributed by atoms with Crippen molar-refractivity contribution < 1.29 is 17.9 Å². The fraction of sp³-hybridized carbons (Fsp3) is 0.500. The van der Waals surface area contributed by atoms with E-state index in [4.69, 9.17) is 16.3 Å². The molecule has 0 spiro atoms. The first-order chi connectivity index (χ1) is 10.5. The number of sulfonamides is 1. The maximum absolute atomic E-state index is 12.6. The number of hydrogen-bond donors (Lipinski definition) is 0. The predicted octanol–water partition coefficient (Wildman–Crippen LogP) is 1.95. The zero-order valence-electron chi connectivity index (χ0n) is 11.9. The van der Waals surface area contributed by atoms with E-state index in [2.05, 4.69) is 0 Å². The van der Waals surface area contributed by atoms with Crippen LogP contribution in [0.3, 0.4) is 0 Å². The molecule has 1 aromatic carbocycles. The number of benzene rings is 1. The van der Waals surface area contributed by atoms with Gasteiger partial charge in [-0.3, -0.25) is 0 Å². The van der Waals surface area contributed by atoms with Crippen LogP contribution in [0.2, 0.25) is 5.02 Å². The summed E-state index contributed by atoms with van der Waals surface area (Å²) < 4.78 is 31.6. The van der Waals surface area contributed by atoms with Crippen molar-refractivity contribution in [1.29, 1.82) is 0 Å². The molecule has 22 heavy (non-hydrogen) atoms. The summed E-state index contributed by atoms with van der Waals surface area (Å²) in [7, 11) is -3.53. The molecule has 0 radical (unpaired) electrons. The van der Waals surface area contributed by atoms with E-state index < -0.39 is 10.0 Å². The number of carbonyl (C=O) groups excluding carboxylic acids is 1. The quantitative estimate of drug-likeness (QED) is 0.840. The van der Waals surface area contributed by atoms with E-state index in [0.29, 0.717) is 44.1 Å². The van der Waals surface area contributed by atoms with Crippen molar-refractivity contribution >= 4 is 27.7 Å². The minimum Gasteiger partial charge on any atom is -0.448 e. The SMILES string of the molecule is O=C1OCCN1C1CCN(S(=O)(=O)c2cccc(Cl)c2)CC1. The van der Waals surface area contributed by atoms with Crippen molar-refractivity contribution in [2.24, 2.45) is 0 Å². The van der Waals surface area contributed by atoms with Crippen molar-refractivity contribution in [1.82, 2.24) is 9.21 Å². The van der Waals surface area contributed by atoms with Gasteiger partial charge in [0.2, 0.25) is 10.0 Å². The second-order valence-corrected chi connectivity index (χ2v) is 7.77. The molecule has 3 rings (SSSR count). The maximum atomic E-state index is 12.6. The van der Waals surface area contributed by atoms with Gasteiger partial charge in [0, 0.05) is 24.2 Å². The first-order valence-corrected chi connectivity index (χ1v) is 8.99. The van der Waals surface area contributed by atoms with Gasteiger partial charge in [0.15, 0.2) is 0 Å². The third-order valence-corrected chi connectivity index (χ3v) is 6.22. The van der Waals surface area contributed by atoms with Crippen LogP contribution >= 0.6 is 11.6 Å². The lowest BCUT2D eigenvalue weighted by molar-refractivity contribution is 0.134. The van der Waals surface area contributed by atoms with Crippen LogP contribution in [-0.2, 0) is 14.8 Å². The van der Waals surface area contributed by atoms with Gasteiger partial charge in [-0.15, -0.1) is 0 Å². The van der Waals surface area contributed by atoms with Crippen molar-refractivity contribution in [3.63, 3.8) is 0 Å². The van der Waals surface area contributed by atoms with E-state index in [1.165, 1.54) is 10.4 Å². The van der Waals surface area contributed by atoms with E-state index in [0.717, 1.165) is 0 Å². The number of piperidine rings is 1. The fourth-order valence-electron chi connectivity index (χ4n) is 2.91. The molecule has 8 heteroatoms. The summed E-state index contributed by atoms with van der Waals surface area (Å²) in [6.07, 6.45) is 0.945. The van der Waals surface area contributed by atoms with Crippen molar-refractivity contribution in [2.75, 3.05) is 26.2 Å². The molecule has 0 bridgehead atoms. The molecule has 0 aromatic heterocycles. The molecule has 0 atom stereocenters. The third-order valence-electron chi connectivity index (χ3n) is 4.09. The molecule has 0 aliphatic carbocycles. The van der Waals surface area contributed by atoms with Gasteiger partial charge in [0.25, 0.3) is 0 Å². The number of rotatable bonds is 3. The normalized spacial score (nSPS) is 21.1. The van der Waals surface area contributed by atoms with Crippen molar-refractivity contribution in [2.45, 2.75) is 23.8 Å². The van der Waals surface area contributed by atoms with Gasteiger partial charge in [-0.1, -0.05) is 17.7 Å². The second-order valence-electron chi connectivity index (χ2n) is 5.40. The van der Waals surface area contributed by atoms with Crippen LogP contribution in [0.4, 0.5) is 4.79 Å². The van der Waals surface area contributed by atoms with Gasteiger partial charge in [-0.2, -0.15) is 4.31 Å². The molecule has 0 unspecified atom stereocenters. The monoisotopic (exact) mass is 344 g/mol. The summed E-state index contributed by atoms with van der Waals surface area (Å²) in [5.74, 6) is 0. The average molecular weight is 345 g/mol. The van der Waals surface area contributed by atoms with Gasteiger partial charge < -0.3 is 9.64 Å². The van der Waals surface area contributed by atoms with Crippen LogP contribution in [0.25, 0.3) is 0 Å². The number of carbonyl (C=O) groups is 1. The van der Waals surface area contributed by atoms with Gasteiger partial charge in [0.05, 0.1) is 11.4 Å². The van der Waals surface area contributed by atoms with Gasteiger partial charge in [-0.25, -0.2) is 13.2 Å². The zero-order chi connectivity index (χ0) is 15.7. The molecule has 120 valence electrons. The van der Waals surface area contributed by atoms with Crippen molar-refractivity contribution in [3.8, 4) is 0 Å². The van der Waals surface area contributed by atoms with Crippen LogP contribution in [0.5, 0.6) is 0 Å². The Morgan fingerprint density at radius 2 is 1.91 bits per heavy atom. The Hall–Kier alpha value is -1.31. The molecule has 1 amide bonds. The highest BCUT2D eigenvalue weighted by Crippen LogP contribution is 2.25. The Kier molecular flexibility index (Phi) is 4.29. The molecule has 2 heterocycles. The fourth-order valence-corrected chi connectivity index (χ4v) is 4.68. The predicted molar refractivity (Wildman–Crippen MR) is 81.3 cm³/mol. The molecular weight excluding hydrogens is 328 g/mol. The standard InChI is InChI=1S/C14H17ClN2O4S/c15-11-2-1-3-13(10-11)22(19,20)16-6-4-12(5-7-16)17-8-9-21-14(17)18/h1-3,10,12H,4-9H2. The number of nitrogens with zero attached hydrogens (tertiary/aromatic N) is 2. The summed E-state index contributed by atoms with van der Waals surface area (Å²) >= 11 is 5.87. The molecule has 2 aliphatic heterocycles. The van der Waals surface area contributed by atoms with Gasteiger partial charge >= 0.3 is 6.09 Å². The van der Waals surface area contributed by atoms with Crippen LogP contribution in [-0.4, -0.2) is 56.0 Å². The summed E-state index contributed by atoms with van der Waals surface area (Å²) in [4.78, 5) is 13.5. The van der Waals surface area contributed by atoms with Crippen LogP contribution in [0.15, 0.2) is 29.2 Å². The molecule has 2 saturated heterocycles. The van der Waals surface area contributed by atoms with Gasteiger partial charge in [-0.05, 0) is 31.0 Å². The highest BCUT2D eigenvalue weighted by molar-refractivity contribution is 7.89. The summed E-state index contributed by atoms with van der Waals surface area (Å²) in [5, 5.41) is 0.399. The highest BCUT2D eigenvalue weighted by atomic mass is 35.5. The van der Waals surface area contributed by atoms with Gasteiger partial charge in [0.1, 0.15) is 6.61 Å². The average Bonchev–Trinajstić information content (AvgIpc) is 2.93. The lowest BCUT2D eigenvalue weighted by atomic mass is 10.1. The molecule has 0 saturated carbocycles.